The monoisotopic (exact) mass is 199 g/mol. The molecule has 14 heavy (non-hydrogen) atoms. The summed E-state index contributed by atoms with van der Waals surface area (Å²) in [5.41, 5.74) is 2.73. The highest BCUT2D eigenvalue weighted by molar-refractivity contribution is 5.65. The van der Waals surface area contributed by atoms with E-state index in [9.17, 15) is 4.79 Å². The summed E-state index contributed by atoms with van der Waals surface area (Å²) in [6.07, 6.45) is 1.82. The normalized spacial score (nSPS) is 26.4. The second kappa shape index (κ2) is 3.38. The Kier molecular flexibility index (Phi) is 2.20. The number of likely N-dealkylation sites (tertiary alicyclic amines) is 1. The number of hydrazine groups is 1. The van der Waals surface area contributed by atoms with E-state index in [4.69, 9.17) is 9.94 Å². The summed E-state index contributed by atoms with van der Waals surface area (Å²) < 4.78 is 0. The Morgan fingerprint density at radius 1 is 1.79 bits per heavy atom. The number of amides is 1. The van der Waals surface area contributed by atoms with Gasteiger partial charge in [0.2, 0.25) is 0 Å². The van der Waals surface area contributed by atoms with Gasteiger partial charge in [-0.25, -0.2) is 4.79 Å². The summed E-state index contributed by atoms with van der Waals surface area (Å²) in [7, 11) is 0. The zero-order valence-corrected chi connectivity index (χ0v) is 7.93. The quantitative estimate of drug-likeness (QED) is 0.638. The van der Waals surface area contributed by atoms with Crippen LogP contribution in [0.5, 0.6) is 0 Å². The van der Waals surface area contributed by atoms with Crippen molar-refractivity contribution in [3.8, 4) is 0 Å². The molecular formula is C8H13N3O3. The van der Waals surface area contributed by atoms with Crippen molar-refractivity contribution in [2.75, 3.05) is 13.1 Å². The number of allylic oxidation sites excluding steroid dienone is 1. The van der Waals surface area contributed by atoms with Crippen LogP contribution in [0.25, 0.3) is 0 Å². The first-order chi connectivity index (χ1) is 6.66. The van der Waals surface area contributed by atoms with Crippen LogP contribution in [-0.4, -0.2) is 40.2 Å². The molecule has 1 amide bonds. The van der Waals surface area contributed by atoms with E-state index in [1.807, 2.05) is 18.1 Å². The lowest BCUT2D eigenvalue weighted by Gasteiger charge is -2.21. The second-order valence-corrected chi connectivity index (χ2v) is 3.51. The molecule has 2 N–H and O–H groups in total. The van der Waals surface area contributed by atoms with Gasteiger partial charge in [0.1, 0.15) is 5.76 Å². The molecule has 0 radical (unpaired) electrons. The minimum absolute atomic E-state index is 0.170. The third-order valence-corrected chi connectivity index (χ3v) is 2.46. The van der Waals surface area contributed by atoms with E-state index in [0.29, 0.717) is 13.1 Å². The van der Waals surface area contributed by atoms with Gasteiger partial charge in [-0.15, -0.1) is 0 Å². The predicted octanol–water partition coefficient (Wildman–Crippen LogP) is 0.352. The van der Waals surface area contributed by atoms with Crippen molar-refractivity contribution in [3.63, 3.8) is 0 Å². The van der Waals surface area contributed by atoms with Gasteiger partial charge in [0.05, 0.1) is 12.2 Å². The molecule has 6 heteroatoms. The second-order valence-electron chi connectivity index (χ2n) is 3.51. The Morgan fingerprint density at radius 3 is 3.07 bits per heavy atom. The number of nitrogens with one attached hydrogen (secondary N) is 1. The molecule has 6 nitrogen and oxygen atoms in total. The van der Waals surface area contributed by atoms with Gasteiger partial charge in [-0.05, 0) is 13.3 Å². The molecule has 2 aliphatic heterocycles. The van der Waals surface area contributed by atoms with Crippen molar-refractivity contribution >= 4 is 6.09 Å². The van der Waals surface area contributed by atoms with Crippen molar-refractivity contribution in [1.82, 2.24) is 15.5 Å². The number of hydrogen-bond donors (Lipinski definition) is 2. The molecule has 2 rings (SSSR count). The SMILES string of the molecule is CC1=CN(C2CCN(C(=O)O)C2)NO1. The number of rotatable bonds is 1. The van der Waals surface area contributed by atoms with Crippen LogP contribution in [-0.2, 0) is 4.84 Å². The molecule has 1 atom stereocenters. The third kappa shape index (κ3) is 1.60. The van der Waals surface area contributed by atoms with E-state index in [0.717, 1.165) is 12.2 Å². The lowest BCUT2D eigenvalue weighted by Crippen LogP contribution is -2.40. The van der Waals surface area contributed by atoms with E-state index in [1.165, 1.54) is 4.90 Å². The van der Waals surface area contributed by atoms with E-state index >= 15 is 0 Å². The van der Waals surface area contributed by atoms with E-state index < -0.39 is 6.09 Å². The molecule has 78 valence electrons. The minimum atomic E-state index is -0.853. The van der Waals surface area contributed by atoms with Crippen LogP contribution in [0.15, 0.2) is 12.0 Å². The maximum Gasteiger partial charge on any atom is 0.407 e. The fourth-order valence-electron chi connectivity index (χ4n) is 1.70. The molecule has 1 unspecified atom stereocenters. The maximum atomic E-state index is 10.7. The smallest absolute Gasteiger partial charge is 0.407 e. The van der Waals surface area contributed by atoms with Crippen LogP contribution in [0.2, 0.25) is 0 Å². The first kappa shape index (κ1) is 9.14. The van der Waals surface area contributed by atoms with Crippen molar-refractivity contribution in [3.05, 3.63) is 12.0 Å². The van der Waals surface area contributed by atoms with Crippen LogP contribution in [0.4, 0.5) is 4.79 Å². The van der Waals surface area contributed by atoms with Crippen LogP contribution in [0.3, 0.4) is 0 Å². The minimum Gasteiger partial charge on any atom is -0.465 e. The topological polar surface area (TPSA) is 65.0 Å². The third-order valence-electron chi connectivity index (χ3n) is 2.46. The van der Waals surface area contributed by atoms with E-state index in [2.05, 4.69) is 5.59 Å². The first-order valence-corrected chi connectivity index (χ1v) is 4.54. The molecule has 0 aromatic heterocycles. The Balaban J connectivity index is 1.93. The molecule has 0 bridgehead atoms. The van der Waals surface area contributed by atoms with Gasteiger partial charge < -0.3 is 14.8 Å². The Hall–Kier alpha value is -1.43. The van der Waals surface area contributed by atoms with Crippen LogP contribution >= 0.6 is 0 Å². The predicted molar refractivity (Wildman–Crippen MR) is 47.8 cm³/mol. The number of carbonyl (C=O) groups is 1. The van der Waals surface area contributed by atoms with Crippen molar-refractivity contribution in [2.45, 2.75) is 19.4 Å². The summed E-state index contributed by atoms with van der Waals surface area (Å²) in [6, 6.07) is 0.170. The van der Waals surface area contributed by atoms with Gasteiger partial charge in [0.25, 0.3) is 0 Å². The average molecular weight is 199 g/mol. The highest BCUT2D eigenvalue weighted by Gasteiger charge is 2.31. The Labute approximate surface area is 81.7 Å². The Morgan fingerprint density at radius 2 is 2.57 bits per heavy atom. The van der Waals surface area contributed by atoms with E-state index in [1.54, 1.807) is 0 Å². The van der Waals surface area contributed by atoms with Gasteiger partial charge >= 0.3 is 6.09 Å². The molecule has 1 saturated heterocycles. The standard InChI is InChI=1S/C8H13N3O3/c1-6-4-11(9-14-6)7-2-3-10(5-7)8(12)13/h4,7,9H,2-3,5H2,1H3,(H,12,13). The number of hydrogen-bond acceptors (Lipinski definition) is 4. The van der Waals surface area contributed by atoms with Crippen LogP contribution in [0, 0.1) is 0 Å². The van der Waals surface area contributed by atoms with Crippen LogP contribution < -0.4 is 5.59 Å². The summed E-state index contributed by atoms with van der Waals surface area (Å²) in [4.78, 5) is 17.1. The van der Waals surface area contributed by atoms with Crippen molar-refractivity contribution in [1.29, 1.82) is 0 Å². The summed E-state index contributed by atoms with van der Waals surface area (Å²) in [5, 5.41) is 10.6. The summed E-state index contributed by atoms with van der Waals surface area (Å²) in [6.45, 7) is 2.96. The van der Waals surface area contributed by atoms with Gasteiger partial charge in [-0.2, -0.15) is 0 Å². The average Bonchev–Trinajstić information content (AvgIpc) is 2.70. The molecule has 0 spiro atoms. The Bertz CT molecular complexity index is 279. The highest BCUT2D eigenvalue weighted by Crippen LogP contribution is 2.18. The van der Waals surface area contributed by atoms with E-state index in [-0.39, 0.29) is 6.04 Å². The zero-order valence-electron chi connectivity index (χ0n) is 7.93. The van der Waals surface area contributed by atoms with Crippen molar-refractivity contribution in [2.24, 2.45) is 0 Å². The molecule has 2 heterocycles. The van der Waals surface area contributed by atoms with Gasteiger partial charge in [0.15, 0.2) is 0 Å². The maximum absolute atomic E-state index is 10.7. The summed E-state index contributed by atoms with van der Waals surface area (Å²) in [5.74, 6) is 0.791. The van der Waals surface area contributed by atoms with Gasteiger partial charge in [-0.1, -0.05) is 5.59 Å². The van der Waals surface area contributed by atoms with Crippen molar-refractivity contribution < 1.29 is 14.7 Å². The molecular weight excluding hydrogens is 186 g/mol. The molecule has 1 fully saturated rings. The highest BCUT2D eigenvalue weighted by atomic mass is 16.7. The fraction of sp³-hybridized carbons (Fsp3) is 0.625. The molecule has 0 aliphatic carbocycles. The first-order valence-electron chi connectivity index (χ1n) is 4.54. The summed E-state index contributed by atoms with van der Waals surface area (Å²) >= 11 is 0. The molecule has 2 aliphatic rings. The fourth-order valence-corrected chi connectivity index (χ4v) is 1.70. The number of nitrogens with zero attached hydrogens (tertiary/aromatic N) is 2. The molecule has 0 saturated carbocycles. The van der Waals surface area contributed by atoms with Gasteiger partial charge in [-0.3, -0.25) is 5.01 Å². The lowest BCUT2D eigenvalue weighted by molar-refractivity contribution is 0.00156. The number of carboxylic acid groups (broad SMARTS) is 1. The zero-order chi connectivity index (χ0) is 10.1. The molecule has 0 aromatic rings. The molecule has 0 aromatic carbocycles. The lowest BCUT2D eigenvalue weighted by atomic mass is 10.2. The van der Waals surface area contributed by atoms with Gasteiger partial charge in [0, 0.05) is 13.1 Å². The van der Waals surface area contributed by atoms with Crippen LogP contribution in [0.1, 0.15) is 13.3 Å². The largest absolute Gasteiger partial charge is 0.465 e.